The predicted molar refractivity (Wildman–Crippen MR) is 159 cm³/mol. The number of esters is 1. The second-order valence-electron chi connectivity index (χ2n) is 16.4. The number of carbonyl (C=O) groups is 1. The zero-order valence-electron chi connectivity index (χ0n) is 27.6. The van der Waals surface area contributed by atoms with Gasteiger partial charge in [0.15, 0.2) is 12.6 Å². The molecule has 6 N–H and O–H groups in total. The molecule has 3 saturated heterocycles. The largest absolute Gasteiger partial charge is 0.462 e. The number of hydrogen-bond acceptors (Lipinski definition) is 12. The Balaban J connectivity index is 1.14. The van der Waals surface area contributed by atoms with E-state index in [0.717, 1.165) is 38.5 Å². The number of aliphatic hydroxyl groups excluding tert-OH is 6. The van der Waals surface area contributed by atoms with Gasteiger partial charge in [0.05, 0.1) is 30.3 Å². The lowest BCUT2D eigenvalue weighted by Crippen LogP contribution is -2.64. The number of rotatable bonds is 4. The summed E-state index contributed by atoms with van der Waals surface area (Å²) in [5, 5.41) is 64.4. The molecule has 0 aromatic rings. The maximum Gasteiger partial charge on any atom is 0.309 e. The molecule has 7 fully saturated rings. The highest BCUT2D eigenvalue weighted by atomic mass is 16.7. The van der Waals surface area contributed by atoms with Crippen LogP contribution in [0.25, 0.3) is 0 Å². The molecule has 3 heterocycles. The average molecular weight is 655 g/mol. The molecule has 12 heteroatoms. The molecule has 21 atom stereocenters. The molecule has 0 unspecified atom stereocenters. The monoisotopic (exact) mass is 654 g/mol. The molecule has 0 amide bonds. The van der Waals surface area contributed by atoms with E-state index in [-0.39, 0.29) is 46.8 Å². The van der Waals surface area contributed by atoms with Crippen LogP contribution in [0.1, 0.15) is 79.6 Å². The highest BCUT2D eigenvalue weighted by molar-refractivity contribution is 5.75. The fourth-order valence-corrected chi connectivity index (χ4v) is 11.6. The van der Waals surface area contributed by atoms with E-state index in [0.29, 0.717) is 24.2 Å². The summed E-state index contributed by atoms with van der Waals surface area (Å²) in [5.41, 5.74) is -0.115. The molecular formula is C34H54O12. The smallest absolute Gasteiger partial charge is 0.309 e. The Labute approximate surface area is 270 Å². The molecule has 0 radical (unpaired) electrons. The Bertz CT molecular complexity index is 1160. The maximum absolute atomic E-state index is 12.6. The van der Waals surface area contributed by atoms with Gasteiger partial charge >= 0.3 is 5.97 Å². The number of carbonyl (C=O) groups excluding carboxylic acids is 1. The van der Waals surface area contributed by atoms with E-state index in [1.807, 2.05) is 6.92 Å². The van der Waals surface area contributed by atoms with Crippen molar-refractivity contribution in [3.8, 4) is 0 Å². The molecule has 4 aliphatic carbocycles. The molecule has 46 heavy (non-hydrogen) atoms. The molecule has 4 saturated carbocycles. The third kappa shape index (κ3) is 5.03. The molecule has 0 bridgehead atoms. The first kappa shape index (κ1) is 33.6. The van der Waals surface area contributed by atoms with Crippen molar-refractivity contribution in [2.75, 3.05) is 0 Å². The van der Waals surface area contributed by atoms with E-state index >= 15 is 0 Å². The number of fused-ring (bicyclic) bond motifs is 7. The summed E-state index contributed by atoms with van der Waals surface area (Å²) in [5.74, 6) is 1.14. The normalized spacial score (nSPS) is 60.1. The average Bonchev–Trinajstić information content (AvgIpc) is 3.47. The molecule has 3 aliphatic heterocycles. The van der Waals surface area contributed by atoms with Crippen molar-refractivity contribution in [2.24, 2.45) is 46.3 Å². The zero-order chi connectivity index (χ0) is 33.0. The van der Waals surface area contributed by atoms with E-state index < -0.39 is 67.5 Å². The fraction of sp³-hybridized carbons (Fsp3) is 0.971. The van der Waals surface area contributed by atoms with Crippen molar-refractivity contribution in [3.63, 3.8) is 0 Å². The van der Waals surface area contributed by atoms with Crippen molar-refractivity contribution in [1.82, 2.24) is 0 Å². The van der Waals surface area contributed by atoms with Crippen LogP contribution in [0.2, 0.25) is 0 Å². The topological polar surface area (TPSA) is 185 Å². The van der Waals surface area contributed by atoms with Gasteiger partial charge in [0.1, 0.15) is 42.7 Å². The van der Waals surface area contributed by atoms with Gasteiger partial charge in [-0.2, -0.15) is 0 Å². The van der Waals surface area contributed by atoms with E-state index in [4.69, 9.17) is 23.7 Å². The minimum atomic E-state index is -1.60. The summed E-state index contributed by atoms with van der Waals surface area (Å²) in [4.78, 5) is 12.6. The van der Waals surface area contributed by atoms with Crippen LogP contribution >= 0.6 is 0 Å². The molecular weight excluding hydrogens is 600 g/mol. The van der Waals surface area contributed by atoms with Crippen LogP contribution in [0.15, 0.2) is 0 Å². The second-order valence-corrected chi connectivity index (χ2v) is 16.4. The van der Waals surface area contributed by atoms with Crippen LogP contribution in [-0.4, -0.2) is 116 Å². The zero-order valence-corrected chi connectivity index (χ0v) is 27.6. The summed E-state index contributed by atoms with van der Waals surface area (Å²) in [7, 11) is 0. The molecule has 7 aliphatic rings. The van der Waals surface area contributed by atoms with Crippen LogP contribution in [0.4, 0.5) is 0 Å². The quantitative estimate of drug-likeness (QED) is 0.186. The number of aliphatic hydroxyl groups is 6. The Kier molecular flexibility index (Phi) is 8.64. The summed E-state index contributed by atoms with van der Waals surface area (Å²) >= 11 is 0. The van der Waals surface area contributed by atoms with Gasteiger partial charge in [-0.15, -0.1) is 0 Å². The van der Waals surface area contributed by atoms with Gasteiger partial charge in [-0.1, -0.05) is 20.8 Å². The first-order valence-corrected chi connectivity index (χ1v) is 17.6. The number of hydrogen-bond donors (Lipinski definition) is 6. The Morgan fingerprint density at radius 3 is 2.07 bits per heavy atom. The molecule has 7 rings (SSSR count). The maximum atomic E-state index is 12.6. The van der Waals surface area contributed by atoms with Gasteiger partial charge in [0.2, 0.25) is 0 Å². The van der Waals surface area contributed by atoms with Crippen molar-refractivity contribution in [3.05, 3.63) is 0 Å². The van der Waals surface area contributed by atoms with Gasteiger partial charge in [-0.25, -0.2) is 0 Å². The van der Waals surface area contributed by atoms with Crippen molar-refractivity contribution >= 4 is 5.97 Å². The van der Waals surface area contributed by atoms with Crippen LogP contribution in [0, 0.1) is 46.3 Å². The fourth-order valence-electron chi connectivity index (χ4n) is 11.6. The molecule has 0 spiro atoms. The van der Waals surface area contributed by atoms with Gasteiger partial charge < -0.3 is 54.3 Å². The predicted octanol–water partition coefficient (Wildman–Crippen LogP) is 0.852. The van der Waals surface area contributed by atoms with Crippen molar-refractivity contribution < 1.29 is 59.1 Å². The van der Waals surface area contributed by atoms with Gasteiger partial charge in [0.25, 0.3) is 0 Å². The van der Waals surface area contributed by atoms with Crippen molar-refractivity contribution in [1.29, 1.82) is 0 Å². The molecule has 12 nitrogen and oxygen atoms in total. The summed E-state index contributed by atoms with van der Waals surface area (Å²) in [6.07, 6.45) is -7.65. The lowest BCUT2D eigenvalue weighted by Gasteiger charge is -2.63. The minimum absolute atomic E-state index is 0.0200. The highest BCUT2D eigenvalue weighted by Crippen LogP contribution is 2.70. The first-order chi connectivity index (χ1) is 21.7. The van der Waals surface area contributed by atoms with E-state index in [1.165, 1.54) is 6.92 Å². The van der Waals surface area contributed by atoms with E-state index in [1.54, 1.807) is 6.92 Å². The summed E-state index contributed by atoms with van der Waals surface area (Å²) in [6.45, 7) is 9.89. The van der Waals surface area contributed by atoms with E-state index in [2.05, 4.69) is 13.8 Å². The highest BCUT2D eigenvalue weighted by Gasteiger charge is 2.68. The van der Waals surface area contributed by atoms with E-state index in [9.17, 15) is 35.4 Å². The molecule has 262 valence electrons. The third-order valence-electron chi connectivity index (χ3n) is 14.1. The lowest BCUT2D eigenvalue weighted by molar-refractivity contribution is -0.363. The summed E-state index contributed by atoms with van der Waals surface area (Å²) in [6, 6.07) is 0. The van der Waals surface area contributed by atoms with Crippen molar-refractivity contribution in [2.45, 2.75) is 159 Å². The Morgan fingerprint density at radius 2 is 1.35 bits per heavy atom. The standard InChI is InChI=1S/C34H54O12/c1-13-23-22(44-30(13)41)12-19-17-11-21(20-10-16(35)6-8-33(20,4)18(17)7-9-34(19,23)5)45-32-28(40)29(25(37)15(3)43-32)46-31-27(39)26(38)24(36)14(2)42-31/h13-29,31-32,35-40H,6-12H2,1-5H3/t13-,14-,15+,16-,17+,18-,19-,20+,21-,22-,23-,24-,25+,26+,27+,28+,29-,31-,32-,33+,34-/m0/s1. The molecule has 0 aromatic heterocycles. The van der Waals surface area contributed by atoms with Crippen LogP contribution in [0.3, 0.4) is 0 Å². The lowest BCUT2D eigenvalue weighted by atomic mass is 9.43. The summed E-state index contributed by atoms with van der Waals surface area (Å²) < 4.78 is 30.3. The van der Waals surface area contributed by atoms with Gasteiger partial charge in [-0.3, -0.25) is 4.79 Å². The Morgan fingerprint density at radius 1 is 0.696 bits per heavy atom. The van der Waals surface area contributed by atoms with Crippen LogP contribution in [-0.2, 0) is 28.5 Å². The Hall–Kier alpha value is -0.930. The third-order valence-corrected chi connectivity index (χ3v) is 14.1. The van der Waals surface area contributed by atoms with Crippen LogP contribution in [0.5, 0.6) is 0 Å². The van der Waals surface area contributed by atoms with Crippen LogP contribution < -0.4 is 0 Å². The minimum Gasteiger partial charge on any atom is -0.462 e. The van der Waals surface area contributed by atoms with Gasteiger partial charge in [0, 0.05) is 5.92 Å². The second kappa shape index (κ2) is 11.8. The first-order valence-electron chi connectivity index (χ1n) is 17.6. The number of ether oxygens (including phenoxy) is 5. The molecule has 0 aromatic carbocycles. The van der Waals surface area contributed by atoms with Gasteiger partial charge in [-0.05, 0) is 93.3 Å². The SMILES string of the molecule is C[C@@H]1O[C@@H](O[C@@H]2[C@@H](O)[C@H](O[C@H]3C[C@@H]4[C@H](CC[C@]5(C)[C@@H]6[C@H](C[C@@H]45)OC(=O)[C@H]6C)[C@@]4(C)CC[C@H](O)C[C@H]34)O[C@H](C)[C@H]2O)[C@H](O)[C@H](O)[C@H]1O.